The average Bonchev–Trinajstić information content (AvgIpc) is 3.64. The summed E-state index contributed by atoms with van der Waals surface area (Å²) in [7, 11) is 1.25. The molecule has 5 unspecified atom stereocenters. The van der Waals surface area contributed by atoms with Crippen molar-refractivity contribution in [2.45, 2.75) is 83.7 Å². The SMILES string of the molecule is OCC1OC(OCOCc2cn(CCOCCOCCOCc3cn(CC4CCC4)nn3)nn2)C(O)C(O)C1O.[2H]C. The highest BCUT2D eigenvalue weighted by Crippen LogP contribution is 2.27. The number of aliphatic hydroxyl groups is 4. The summed E-state index contributed by atoms with van der Waals surface area (Å²) in [5, 5.41) is 55.0. The number of aromatic nitrogens is 6. The Morgan fingerprint density at radius 1 is 0.854 bits per heavy atom. The zero-order valence-electron chi connectivity index (χ0n) is 24.4. The predicted molar refractivity (Wildman–Crippen MR) is 140 cm³/mol. The van der Waals surface area contributed by atoms with Gasteiger partial charge in [0.1, 0.15) is 35.8 Å². The molecule has 16 heteroatoms. The Morgan fingerprint density at radius 3 is 2.17 bits per heavy atom. The van der Waals surface area contributed by atoms with Crippen molar-refractivity contribution in [3.05, 3.63) is 23.8 Å². The van der Waals surface area contributed by atoms with Crippen LogP contribution >= 0.6 is 0 Å². The van der Waals surface area contributed by atoms with Crippen LogP contribution < -0.4 is 0 Å². The zero-order valence-corrected chi connectivity index (χ0v) is 23.4. The van der Waals surface area contributed by atoms with Crippen LogP contribution in [0.15, 0.2) is 12.4 Å². The molecule has 4 rings (SSSR count). The summed E-state index contributed by atoms with van der Waals surface area (Å²) in [5.74, 6) is 0.739. The van der Waals surface area contributed by atoms with E-state index in [4.69, 9.17) is 29.8 Å². The number of ether oxygens (including phenoxy) is 6. The number of hydrogen-bond donors (Lipinski definition) is 4. The standard InChI is InChI=1S/C24H40N6O10.CH4/c31-13-20-21(32)22(33)23(34)24(40-20)39-16-38-15-18-11-29(27-25-18)4-5-35-6-7-36-8-9-37-14-19-12-30(28-26-19)10-17-2-1-3-17;/h11-12,17,20-24,31-34H,1-10,13-16H2;1H4/i;1D. The topological polar surface area (TPSA) is 198 Å². The summed E-state index contributed by atoms with van der Waals surface area (Å²) in [4.78, 5) is 0. The van der Waals surface area contributed by atoms with Gasteiger partial charge in [-0.3, -0.25) is 4.68 Å². The van der Waals surface area contributed by atoms with Gasteiger partial charge in [-0.25, -0.2) is 4.68 Å². The van der Waals surface area contributed by atoms with Gasteiger partial charge < -0.3 is 48.8 Å². The average molecular weight is 590 g/mol. The minimum Gasteiger partial charge on any atom is -0.394 e. The Hall–Kier alpha value is -2.12. The third-order valence-corrected chi connectivity index (χ3v) is 6.71. The van der Waals surface area contributed by atoms with Gasteiger partial charge in [0.2, 0.25) is 0 Å². The molecule has 2 aliphatic rings. The fraction of sp³-hybridized carbons (Fsp3) is 0.840. The van der Waals surface area contributed by atoms with Crippen LogP contribution in [0.1, 0.15) is 39.4 Å². The smallest absolute Gasteiger partial charge is 0.189 e. The lowest BCUT2D eigenvalue weighted by molar-refractivity contribution is -0.317. The van der Waals surface area contributed by atoms with Crippen molar-refractivity contribution in [3.8, 4) is 0 Å². The lowest BCUT2D eigenvalue weighted by Gasteiger charge is -2.39. The first-order valence-corrected chi connectivity index (χ1v) is 13.5. The minimum absolute atomic E-state index is 0.0903. The molecule has 3 heterocycles. The first-order valence-electron chi connectivity index (χ1n) is 14.5. The minimum atomic E-state index is -1.51. The van der Waals surface area contributed by atoms with E-state index in [1.54, 1.807) is 10.9 Å². The molecule has 0 radical (unpaired) electrons. The molecular weight excluding hydrogens is 544 g/mol. The van der Waals surface area contributed by atoms with Crippen molar-refractivity contribution in [2.24, 2.45) is 5.92 Å². The second-order valence-corrected chi connectivity index (χ2v) is 9.81. The van der Waals surface area contributed by atoms with E-state index < -0.39 is 37.3 Å². The van der Waals surface area contributed by atoms with E-state index in [9.17, 15) is 20.4 Å². The number of rotatable bonds is 19. The molecule has 1 aliphatic carbocycles. The number of hydrogen-bond acceptors (Lipinski definition) is 14. The molecule has 1 saturated heterocycles. The summed E-state index contributed by atoms with van der Waals surface area (Å²) in [6, 6.07) is 0. The van der Waals surface area contributed by atoms with Crippen molar-refractivity contribution in [1.82, 2.24) is 30.0 Å². The van der Waals surface area contributed by atoms with Crippen LogP contribution in [0.4, 0.5) is 0 Å². The maximum atomic E-state index is 9.94. The van der Waals surface area contributed by atoms with Crippen LogP contribution in [0.25, 0.3) is 0 Å². The van der Waals surface area contributed by atoms with E-state index in [0.29, 0.717) is 51.9 Å². The largest absolute Gasteiger partial charge is 0.394 e. The van der Waals surface area contributed by atoms with E-state index in [-0.39, 0.29) is 13.4 Å². The van der Waals surface area contributed by atoms with Crippen LogP contribution in [-0.4, -0.2) is 128 Å². The molecule has 2 fully saturated rings. The predicted octanol–water partition coefficient (Wildman–Crippen LogP) is -1.15. The quantitative estimate of drug-likeness (QED) is 0.113. The highest BCUT2D eigenvalue weighted by molar-refractivity contribution is 4.91. The van der Waals surface area contributed by atoms with Gasteiger partial charge in [0.15, 0.2) is 13.1 Å². The lowest BCUT2D eigenvalue weighted by Crippen LogP contribution is -2.59. The summed E-state index contributed by atoms with van der Waals surface area (Å²) in [5.41, 5.74) is 1.38. The Kier molecular flexibility index (Phi) is 13.8. The second-order valence-electron chi connectivity index (χ2n) is 9.81. The third-order valence-electron chi connectivity index (χ3n) is 6.71. The fourth-order valence-electron chi connectivity index (χ4n) is 4.19. The Bertz CT molecular complexity index is 981. The first kappa shape index (κ1) is 31.8. The molecule has 234 valence electrons. The van der Waals surface area contributed by atoms with E-state index in [1.807, 2.05) is 10.9 Å². The monoisotopic (exact) mass is 589 g/mol. The fourth-order valence-corrected chi connectivity index (χ4v) is 4.19. The highest BCUT2D eigenvalue weighted by Gasteiger charge is 2.44. The number of aliphatic hydroxyl groups excluding tert-OH is 4. The molecule has 0 amide bonds. The molecule has 5 atom stereocenters. The van der Waals surface area contributed by atoms with Gasteiger partial charge in [-0.2, -0.15) is 0 Å². The summed E-state index contributed by atoms with van der Waals surface area (Å²) in [6.45, 7) is 3.39. The van der Waals surface area contributed by atoms with Crippen molar-refractivity contribution >= 4 is 0 Å². The maximum absolute atomic E-state index is 9.94. The third kappa shape index (κ3) is 10.6. The molecule has 2 aromatic heterocycles. The van der Waals surface area contributed by atoms with Crippen molar-refractivity contribution in [2.75, 3.05) is 46.4 Å². The maximum Gasteiger partial charge on any atom is 0.189 e. The van der Waals surface area contributed by atoms with Gasteiger partial charge in [0.05, 0.1) is 71.8 Å². The van der Waals surface area contributed by atoms with Gasteiger partial charge in [0, 0.05) is 7.92 Å². The molecule has 1 aliphatic heterocycles. The van der Waals surface area contributed by atoms with Crippen LogP contribution in [0.2, 0.25) is 0 Å². The van der Waals surface area contributed by atoms with Gasteiger partial charge in [-0.1, -0.05) is 24.3 Å². The summed E-state index contributed by atoms with van der Waals surface area (Å²) >= 11 is 0. The molecule has 16 nitrogen and oxygen atoms in total. The molecule has 1 saturated carbocycles. The van der Waals surface area contributed by atoms with Crippen molar-refractivity contribution in [3.63, 3.8) is 0 Å². The molecule has 0 spiro atoms. The van der Waals surface area contributed by atoms with Crippen LogP contribution in [0, 0.1) is 5.92 Å². The van der Waals surface area contributed by atoms with Gasteiger partial charge >= 0.3 is 0 Å². The molecular formula is C25H44N6O10. The van der Waals surface area contributed by atoms with E-state index in [2.05, 4.69) is 20.6 Å². The molecule has 4 N–H and O–H groups in total. The molecule has 2 aromatic rings. The Labute approximate surface area is 240 Å². The van der Waals surface area contributed by atoms with Gasteiger partial charge in [0.25, 0.3) is 0 Å². The van der Waals surface area contributed by atoms with Crippen molar-refractivity contribution < 1.29 is 50.2 Å². The van der Waals surface area contributed by atoms with Crippen LogP contribution in [0.5, 0.6) is 0 Å². The summed E-state index contributed by atoms with van der Waals surface area (Å²) in [6.07, 6.45) is 0.786. The lowest BCUT2D eigenvalue weighted by atomic mass is 9.85. The summed E-state index contributed by atoms with van der Waals surface area (Å²) < 4.78 is 41.8. The normalized spacial score (nSPS) is 24.9. The Morgan fingerprint density at radius 2 is 1.49 bits per heavy atom. The molecule has 41 heavy (non-hydrogen) atoms. The van der Waals surface area contributed by atoms with E-state index >= 15 is 0 Å². The number of nitrogens with zero attached hydrogens (tertiary/aromatic N) is 6. The van der Waals surface area contributed by atoms with Gasteiger partial charge in [-0.15, -0.1) is 10.2 Å². The second kappa shape index (κ2) is 17.7. The molecule has 0 bridgehead atoms. The van der Waals surface area contributed by atoms with Gasteiger partial charge in [-0.05, 0) is 18.8 Å². The van der Waals surface area contributed by atoms with E-state index in [0.717, 1.165) is 18.2 Å². The van der Waals surface area contributed by atoms with Crippen LogP contribution in [-0.2, 0) is 54.7 Å². The Balaban J connectivity index is 0.00000237. The highest BCUT2D eigenvalue weighted by atomic mass is 16.8. The van der Waals surface area contributed by atoms with Crippen molar-refractivity contribution in [1.29, 1.82) is 0 Å². The first-order chi connectivity index (χ1) is 20.5. The zero-order chi connectivity index (χ0) is 30.2. The van der Waals surface area contributed by atoms with Crippen LogP contribution in [0.3, 0.4) is 0 Å². The molecule has 0 aromatic carbocycles. The van der Waals surface area contributed by atoms with E-state index in [1.165, 1.54) is 26.7 Å².